The molecule has 0 unspecified atom stereocenters. The molecule has 20 heavy (non-hydrogen) atoms. The average molecular weight is 275 g/mol. The molecule has 0 bridgehead atoms. The van der Waals surface area contributed by atoms with Crippen LogP contribution in [0.2, 0.25) is 0 Å². The number of nitrogens with zero attached hydrogens (tertiary/aromatic N) is 2. The molecule has 1 N–H and O–H groups in total. The summed E-state index contributed by atoms with van der Waals surface area (Å²) in [6.45, 7) is 7.47. The van der Waals surface area contributed by atoms with E-state index in [1.807, 2.05) is 29.1 Å². The van der Waals surface area contributed by atoms with Crippen LogP contribution in [-0.4, -0.2) is 40.4 Å². The minimum atomic E-state index is -0.361. The molecule has 5 heteroatoms. The second-order valence-electron chi connectivity index (χ2n) is 5.26. The van der Waals surface area contributed by atoms with Crippen LogP contribution in [0, 0.1) is 5.92 Å². The van der Waals surface area contributed by atoms with E-state index in [0.29, 0.717) is 19.0 Å². The number of rotatable bonds is 5. The van der Waals surface area contributed by atoms with Gasteiger partial charge in [-0.15, -0.1) is 0 Å². The molecule has 2 heterocycles. The van der Waals surface area contributed by atoms with E-state index < -0.39 is 0 Å². The molecule has 1 fully saturated rings. The van der Waals surface area contributed by atoms with Crippen molar-refractivity contribution in [3.63, 3.8) is 0 Å². The van der Waals surface area contributed by atoms with Crippen LogP contribution >= 0.6 is 0 Å². The third-order valence-corrected chi connectivity index (χ3v) is 3.61. The number of hydrogen-bond donors (Lipinski definition) is 1. The molecule has 108 valence electrons. The third kappa shape index (κ3) is 3.29. The van der Waals surface area contributed by atoms with Crippen LogP contribution in [0.1, 0.15) is 13.3 Å². The van der Waals surface area contributed by atoms with Crippen molar-refractivity contribution < 1.29 is 9.59 Å². The maximum atomic E-state index is 12.2. The van der Waals surface area contributed by atoms with Crippen molar-refractivity contribution in [2.24, 2.45) is 5.92 Å². The molecule has 1 saturated heterocycles. The van der Waals surface area contributed by atoms with Crippen LogP contribution in [0.4, 0.5) is 0 Å². The van der Waals surface area contributed by atoms with Crippen LogP contribution < -0.4 is 5.32 Å². The van der Waals surface area contributed by atoms with Gasteiger partial charge in [-0.1, -0.05) is 13.5 Å². The van der Waals surface area contributed by atoms with Gasteiger partial charge < -0.3 is 14.8 Å². The Bertz CT molecular complexity index is 481. The van der Waals surface area contributed by atoms with Gasteiger partial charge in [-0.25, -0.2) is 0 Å². The molecule has 2 rings (SSSR count). The molecule has 1 aromatic rings. The highest BCUT2D eigenvalue weighted by molar-refractivity contribution is 5.93. The monoisotopic (exact) mass is 275 g/mol. The van der Waals surface area contributed by atoms with Crippen molar-refractivity contribution in [3.8, 4) is 0 Å². The number of likely N-dealkylation sites (tertiary alicyclic amines) is 1. The van der Waals surface area contributed by atoms with Gasteiger partial charge in [-0.2, -0.15) is 0 Å². The number of carbonyl (C=O) groups excluding carboxylic acids is 2. The third-order valence-electron chi connectivity index (χ3n) is 3.61. The van der Waals surface area contributed by atoms with Gasteiger partial charge in [0, 0.05) is 32.0 Å². The fourth-order valence-electron chi connectivity index (χ4n) is 2.60. The lowest BCUT2D eigenvalue weighted by Gasteiger charge is -2.22. The molecule has 0 radical (unpaired) electrons. The highest BCUT2D eigenvalue weighted by Crippen LogP contribution is 2.23. The van der Waals surface area contributed by atoms with Crippen molar-refractivity contribution in [2.75, 3.05) is 13.1 Å². The summed E-state index contributed by atoms with van der Waals surface area (Å²) < 4.78 is 2.00. The molecular weight excluding hydrogens is 254 g/mol. The molecular formula is C15H21N3O2. The van der Waals surface area contributed by atoms with Gasteiger partial charge in [-0.05, 0) is 30.5 Å². The lowest BCUT2D eigenvalue weighted by atomic mass is 10.1. The topological polar surface area (TPSA) is 54.3 Å². The van der Waals surface area contributed by atoms with E-state index >= 15 is 0 Å². The van der Waals surface area contributed by atoms with E-state index in [4.69, 9.17) is 0 Å². The molecule has 0 spiro atoms. The van der Waals surface area contributed by atoms with Gasteiger partial charge in [-0.3, -0.25) is 9.59 Å². The molecule has 0 saturated carbocycles. The lowest BCUT2D eigenvalue weighted by molar-refractivity contribution is -0.135. The average Bonchev–Trinajstić information content (AvgIpc) is 3.07. The van der Waals surface area contributed by atoms with E-state index in [9.17, 15) is 9.59 Å². The Morgan fingerprint density at radius 2 is 2.10 bits per heavy atom. The van der Waals surface area contributed by atoms with Crippen molar-refractivity contribution in [1.82, 2.24) is 14.8 Å². The molecule has 5 nitrogen and oxygen atoms in total. The summed E-state index contributed by atoms with van der Waals surface area (Å²) in [6.07, 6.45) is 5.90. The Balaban J connectivity index is 1.87. The Labute approximate surface area is 119 Å². The smallest absolute Gasteiger partial charge is 0.246 e. The van der Waals surface area contributed by atoms with E-state index in [1.165, 1.54) is 6.08 Å². The van der Waals surface area contributed by atoms with E-state index in [1.54, 1.807) is 4.90 Å². The molecule has 1 aromatic heterocycles. The van der Waals surface area contributed by atoms with Crippen LogP contribution in [-0.2, 0) is 16.1 Å². The normalized spacial score (nSPS) is 21.8. The van der Waals surface area contributed by atoms with E-state index in [0.717, 1.165) is 13.0 Å². The summed E-state index contributed by atoms with van der Waals surface area (Å²) in [5.41, 5.74) is 0. The number of aromatic nitrogens is 1. The van der Waals surface area contributed by atoms with Crippen LogP contribution in [0.15, 0.2) is 37.2 Å². The van der Waals surface area contributed by atoms with E-state index in [2.05, 4.69) is 18.8 Å². The summed E-state index contributed by atoms with van der Waals surface area (Å²) in [7, 11) is 0. The summed E-state index contributed by atoms with van der Waals surface area (Å²) in [5, 5.41) is 2.90. The molecule has 2 amide bonds. The van der Waals surface area contributed by atoms with Crippen LogP contribution in [0.25, 0.3) is 0 Å². The van der Waals surface area contributed by atoms with Gasteiger partial charge in [0.1, 0.15) is 6.04 Å². The predicted molar refractivity (Wildman–Crippen MR) is 76.9 cm³/mol. The summed E-state index contributed by atoms with van der Waals surface area (Å²) in [5.74, 6) is 0.107. The summed E-state index contributed by atoms with van der Waals surface area (Å²) >= 11 is 0. The number of hydrogen-bond acceptors (Lipinski definition) is 2. The molecule has 2 atom stereocenters. The van der Waals surface area contributed by atoms with Gasteiger partial charge in [0.05, 0.1) is 0 Å². The van der Waals surface area contributed by atoms with Crippen LogP contribution in [0.5, 0.6) is 0 Å². The first-order chi connectivity index (χ1) is 9.61. The van der Waals surface area contributed by atoms with Crippen LogP contribution in [0.3, 0.4) is 0 Å². The lowest BCUT2D eigenvalue weighted by Crippen LogP contribution is -2.46. The first-order valence-electron chi connectivity index (χ1n) is 6.93. The Morgan fingerprint density at radius 1 is 1.40 bits per heavy atom. The molecule has 1 aliphatic heterocycles. The van der Waals surface area contributed by atoms with Gasteiger partial charge in [0.25, 0.3) is 0 Å². The summed E-state index contributed by atoms with van der Waals surface area (Å²) in [6, 6.07) is 3.54. The quantitative estimate of drug-likeness (QED) is 0.816. The first kappa shape index (κ1) is 14.4. The van der Waals surface area contributed by atoms with Gasteiger partial charge in [0.2, 0.25) is 11.8 Å². The minimum Gasteiger partial charge on any atom is -0.353 e. The van der Waals surface area contributed by atoms with Crippen molar-refractivity contribution in [2.45, 2.75) is 25.9 Å². The molecule has 0 aliphatic carbocycles. The fraction of sp³-hybridized carbons (Fsp3) is 0.467. The number of amides is 2. The van der Waals surface area contributed by atoms with Gasteiger partial charge >= 0.3 is 0 Å². The van der Waals surface area contributed by atoms with Gasteiger partial charge in [0.15, 0.2) is 0 Å². The predicted octanol–water partition coefficient (Wildman–Crippen LogP) is 1.03. The minimum absolute atomic E-state index is 0.0725. The molecule has 1 aliphatic rings. The van der Waals surface area contributed by atoms with Crippen molar-refractivity contribution >= 4 is 11.8 Å². The standard InChI is InChI=1S/C15H21N3O2/c1-3-14(19)18-11-12(2)10-13(18)15(20)16-6-9-17-7-4-5-8-17/h3-5,7-8,12-13H,1,6,9-11H2,2H3,(H,16,20)/t12-,13+/m1/s1. The first-order valence-corrected chi connectivity index (χ1v) is 6.93. The summed E-state index contributed by atoms with van der Waals surface area (Å²) in [4.78, 5) is 25.6. The highest BCUT2D eigenvalue weighted by Gasteiger charge is 2.36. The van der Waals surface area contributed by atoms with Crippen molar-refractivity contribution in [3.05, 3.63) is 37.2 Å². The largest absolute Gasteiger partial charge is 0.353 e. The second kappa shape index (κ2) is 6.41. The zero-order chi connectivity index (χ0) is 14.5. The Kier molecular flexibility index (Phi) is 4.61. The fourth-order valence-corrected chi connectivity index (χ4v) is 2.60. The Hall–Kier alpha value is -2.04. The Morgan fingerprint density at radius 3 is 2.75 bits per heavy atom. The number of nitrogens with one attached hydrogen (secondary N) is 1. The highest BCUT2D eigenvalue weighted by atomic mass is 16.2. The second-order valence-corrected chi connectivity index (χ2v) is 5.26. The number of carbonyl (C=O) groups is 2. The molecule has 0 aromatic carbocycles. The maximum absolute atomic E-state index is 12.2. The zero-order valence-electron chi connectivity index (χ0n) is 11.8. The SMILES string of the molecule is C=CC(=O)N1C[C@H](C)C[C@H]1C(=O)NCCn1cccc1. The van der Waals surface area contributed by atoms with E-state index in [-0.39, 0.29) is 17.9 Å². The zero-order valence-corrected chi connectivity index (χ0v) is 11.8. The maximum Gasteiger partial charge on any atom is 0.246 e. The van der Waals surface area contributed by atoms with Crippen molar-refractivity contribution in [1.29, 1.82) is 0 Å².